The van der Waals surface area contributed by atoms with Crippen LogP contribution in [0, 0.1) is 17.0 Å². The van der Waals surface area contributed by atoms with Crippen LogP contribution in [0.15, 0.2) is 42.5 Å². The number of benzene rings is 2. The van der Waals surface area contributed by atoms with Crippen LogP contribution in [0.2, 0.25) is 5.02 Å². The molecule has 2 amide bonds. The second-order valence-electron chi connectivity index (χ2n) is 8.95. The molecule has 1 heterocycles. The van der Waals surface area contributed by atoms with Crippen molar-refractivity contribution in [2.75, 3.05) is 24.6 Å². The first-order valence-corrected chi connectivity index (χ1v) is 11.1. The Morgan fingerprint density at radius 3 is 2.55 bits per heavy atom. The van der Waals surface area contributed by atoms with Gasteiger partial charge in [-0.3, -0.25) is 9.59 Å². The fourth-order valence-electron chi connectivity index (χ4n) is 3.89. The van der Waals surface area contributed by atoms with Gasteiger partial charge in [-0.25, -0.2) is 8.78 Å². The summed E-state index contributed by atoms with van der Waals surface area (Å²) >= 11 is 5.90. The number of nitrogens with zero attached hydrogens (tertiary/aromatic N) is 2. The number of amides is 2. The van der Waals surface area contributed by atoms with E-state index in [9.17, 15) is 23.5 Å². The first-order chi connectivity index (χ1) is 15.5. The molecule has 0 radical (unpaired) electrons. The maximum atomic E-state index is 14.7. The van der Waals surface area contributed by atoms with Crippen molar-refractivity contribution in [3.63, 3.8) is 0 Å². The summed E-state index contributed by atoms with van der Waals surface area (Å²) in [5.74, 6) is -3.08. The summed E-state index contributed by atoms with van der Waals surface area (Å²) in [7, 11) is 0. The van der Waals surface area contributed by atoms with E-state index in [-0.39, 0.29) is 18.1 Å². The molecule has 2 unspecified atom stereocenters. The highest BCUT2D eigenvalue weighted by Gasteiger charge is 2.41. The van der Waals surface area contributed by atoms with Gasteiger partial charge >= 0.3 is 0 Å². The van der Waals surface area contributed by atoms with E-state index in [0.717, 1.165) is 11.6 Å². The largest absolute Gasteiger partial charge is 0.395 e. The number of anilines is 1. The molecule has 178 valence electrons. The van der Waals surface area contributed by atoms with E-state index in [1.165, 1.54) is 35.8 Å². The molecule has 0 aliphatic carbocycles. The van der Waals surface area contributed by atoms with Crippen LogP contribution in [0.3, 0.4) is 0 Å². The van der Waals surface area contributed by atoms with Crippen LogP contribution >= 0.6 is 11.6 Å². The van der Waals surface area contributed by atoms with E-state index in [0.29, 0.717) is 24.4 Å². The van der Waals surface area contributed by atoms with E-state index in [2.05, 4.69) is 0 Å². The topological polar surface area (TPSA) is 86.9 Å². The molecule has 1 saturated heterocycles. The quantitative estimate of drug-likeness (QED) is 0.638. The maximum Gasteiger partial charge on any atom is 0.239 e. The number of hydrogen-bond donors (Lipinski definition) is 2. The smallest absolute Gasteiger partial charge is 0.239 e. The Labute approximate surface area is 196 Å². The predicted octanol–water partition coefficient (Wildman–Crippen LogP) is 3.14. The zero-order valence-corrected chi connectivity index (χ0v) is 19.4. The molecule has 2 aromatic rings. The van der Waals surface area contributed by atoms with E-state index < -0.39 is 41.6 Å². The monoisotopic (exact) mass is 479 g/mol. The molecule has 3 N–H and O–H groups in total. The van der Waals surface area contributed by atoms with Crippen LogP contribution in [-0.4, -0.2) is 53.6 Å². The summed E-state index contributed by atoms with van der Waals surface area (Å²) in [6.45, 7) is 3.02. The number of likely N-dealkylation sites (tertiary alicyclic amines) is 1. The number of carbonyl (C=O) groups excluding carboxylic acids is 2. The van der Waals surface area contributed by atoms with Crippen LogP contribution < -0.4 is 10.6 Å². The minimum atomic E-state index is -1.22. The second kappa shape index (κ2) is 10.2. The van der Waals surface area contributed by atoms with Gasteiger partial charge in [0.1, 0.15) is 0 Å². The summed E-state index contributed by atoms with van der Waals surface area (Å²) in [6.07, 6.45) is 0.679. The first kappa shape index (κ1) is 25.1. The van der Waals surface area contributed by atoms with Crippen molar-refractivity contribution in [2.24, 2.45) is 11.1 Å². The zero-order chi connectivity index (χ0) is 24.3. The lowest BCUT2D eigenvalue weighted by Crippen LogP contribution is -2.51. The maximum absolute atomic E-state index is 14.7. The van der Waals surface area contributed by atoms with Gasteiger partial charge in [-0.2, -0.15) is 0 Å². The number of aliphatic hydroxyl groups excluding tert-OH is 1. The molecule has 0 aromatic heterocycles. The molecular formula is C24H28ClF2N3O3. The highest BCUT2D eigenvalue weighted by molar-refractivity contribution is 6.30. The molecule has 33 heavy (non-hydrogen) atoms. The summed E-state index contributed by atoms with van der Waals surface area (Å²) in [5, 5.41) is 10.3. The summed E-state index contributed by atoms with van der Waals surface area (Å²) < 4.78 is 28.6. The van der Waals surface area contributed by atoms with E-state index in [4.69, 9.17) is 17.3 Å². The molecule has 3 rings (SSSR count). The average molecular weight is 480 g/mol. The van der Waals surface area contributed by atoms with Crippen molar-refractivity contribution < 1.29 is 23.5 Å². The van der Waals surface area contributed by atoms with Crippen molar-refractivity contribution in [2.45, 2.75) is 38.8 Å². The normalized spacial score (nSPS) is 17.2. The van der Waals surface area contributed by atoms with Crippen molar-refractivity contribution >= 4 is 29.1 Å². The fraction of sp³-hybridized carbons (Fsp3) is 0.417. The standard InChI is InChI=1S/C24H28ClF2N3O3/c1-24(2,14-31)23(33)30(20-5-3-4-18(26)21(20)27)17-10-11-29(13-17)22(32)19(28)12-15-6-8-16(25)9-7-15/h3-9,17,19,31H,10-14,28H2,1-2H3. The number of aliphatic hydroxyl groups is 1. The molecule has 2 aromatic carbocycles. The molecule has 6 nitrogen and oxygen atoms in total. The van der Waals surface area contributed by atoms with Crippen molar-refractivity contribution in [3.8, 4) is 0 Å². The third-order valence-electron chi connectivity index (χ3n) is 5.91. The Kier molecular flexibility index (Phi) is 7.72. The Hall–Kier alpha value is -2.55. The SMILES string of the molecule is CC(C)(CO)C(=O)N(c1cccc(F)c1F)C1CCN(C(=O)C(N)Cc2ccc(Cl)cc2)C1. The van der Waals surface area contributed by atoms with Gasteiger partial charge in [0.2, 0.25) is 11.8 Å². The minimum Gasteiger partial charge on any atom is -0.395 e. The Bertz CT molecular complexity index is 1020. The molecule has 0 bridgehead atoms. The molecule has 1 aliphatic rings. The molecule has 0 spiro atoms. The third kappa shape index (κ3) is 5.51. The fourth-order valence-corrected chi connectivity index (χ4v) is 4.02. The Balaban J connectivity index is 1.80. The molecule has 0 saturated carbocycles. The minimum absolute atomic E-state index is 0.121. The average Bonchev–Trinajstić information content (AvgIpc) is 3.27. The molecular weight excluding hydrogens is 452 g/mol. The van der Waals surface area contributed by atoms with E-state index >= 15 is 0 Å². The van der Waals surface area contributed by atoms with Gasteiger partial charge < -0.3 is 20.6 Å². The highest BCUT2D eigenvalue weighted by atomic mass is 35.5. The number of hydrogen-bond acceptors (Lipinski definition) is 4. The van der Waals surface area contributed by atoms with Gasteiger partial charge in [-0.05, 0) is 56.5 Å². The van der Waals surface area contributed by atoms with Crippen LogP contribution in [0.4, 0.5) is 14.5 Å². The van der Waals surface area contributed by atoms with Gasteiger partial charge in [0.05, 0.1) is 29.8 Å². The van der Waals surface area contributed by atoms with Gasteiger partial charge in [-0.15, -0.1) is 0 Å². The lowest BCUT2D eigenvalue weighted by molar-refractivity contribution is -0.132. The predicted molar refractivity (Wildman–Crippen MR) is 123 cm³/mol. The van der Waals surface area contributed by atoms with Gasteiger partial charge in [0.15, 0.2) is 11.6 Å². The van der Waals surface area contributed by atoms with Crippen molar-refractivity contribution in [1.29, 1.82) is 0 Å². The lowest BCUT2D eigenvalue weighted by Gasteiger charge is -2.35. The van der Waals surface area contributed by atoms with Crippen LogP contribution in [0.25, 0.3) is 0 Å². The van der Waals surface area contributed by atoms with Crippen molar-refractivity contribution in [1.82, 2.24) is 4.90 Å². The first-order valence-electron chi connectivity index (χ1n) is 10.7. The number of halogens is 3. The van der Waals surface area contributed by atoms with E-state index in [1.807, 2.05) is 0 Å². The molecule has 1 fully saturated rings. The zero-order valence-electron chi connectivity index (χ0n) is 18.6. The summed E-state index contributed by atoms with van der Waals surface area (Å²) in [6, 6.07) is 9.26. The number of carbonyl (C=O) groups is 2. The Morgan fingerprint density at radius 1 is 1.24 bits per heavy atom. The number of nitrogens with two attached hydrogens (primary N) is 1. The van der Waals surface area contributed by atoms with Gasteiger partial charge in [0, 0.05) is 18.1 Å². The second-order valence-corrected chi connectivity index (χ2v) is 9.39. The van der Waals surface area contributed by atoms with Gasteiger partial charge in [0.25, 0.3) is 0 Å². The molecule has 9 heteroatoms. The highest BCUT2D eigenvalue weighted by Crippen LogP contribution is 2.32. The van der Waals surface area contributed by atoms with Crippen LogP contribution in [0.1, 0.15) is 25.8 Å². The summed E-state index contributed by atoms with van der Waals surface area (Å²) in [5.41, 5.74) is 5.57. The number of rotatable bonds is 7. The van der Waals surface area contributed by atoms with Crippen LogP contribution in [0.5, 0.6) is 0 Å². The molecule has 1 aliphatic heterocycles. The van der Waals surface area contributed by atoms with Gasteiger partial charge in [-0.1, -0.05) is 29.8 Å². The molecule has 2 atom stereocenters. The third-order valence-corrected chi connectivity index (χ3v) is 6.16. The van der Waals surface area contributed by atoms with E-state index in [1.54, 1.807) is 24.3 Å². The van der Waals surface area contributed by atoms with Crippen molar-refractivity contribution in [3.05, 3.63) is 64.7 Å². The Morgan fingerprint density at radius 2 is 1.91 bits per heavy atom. The lowest BCUT2D eigenvalue weighted by atomic mass is 9.91. The van der Waals surface area contributed by atoms with Crippen LogP contribution in [-0.2, 0) is 16.0 Å². The summed E-state index contributed by atoms with van der Waals surface area (Å²) in [4.78, 5) is 28.9.